The van der Waals surface area contributed by atoms with Crippen molar-refractivity contribution >= 4 is 39.4 Å². The van der Waals surface area contributed by atoms with Crippen molar-refractivity contribution in [2.75, 3.05) is 24.8 Å². The van der Waals surface area contributed by atoms with E-state index in [-0.39, 0.29) is 29.4 Å². The van der Waals surface area contributed by atoms with Gasteiger partial charge < -0.3 is 0 Å². The number of hydrogen-bond acceptors (Lipinski definition) is 7. The molecule has 0 fully saturated rings. The quantitative estimate of drug-likeness (QED) is 0.285. The molecule has 0 saturated heterocycles. The number of nitro groups is 1. The molecule has 2 rings (SSSR count). The van der Waals surface area contributed by atoms with Gasteiger partial charge in [-0.1, -0.05) is 26.0 Å². The minimum atomic E-state index is -3.90. The Morgan fingerprint density at radius 1 is 1.18 bits per heavy atom. The smallest absolute Gasteiger partial charge is 0.270 e. The van der Waals surface area contributed by atoms with Gasteiger partial charge in [0.05, 0.1) is 16.8 Å². The summed E-state index contributed by atoms with van der Waals surface area (Å²) in [5, 5.41) is 15.2. The molecule has 0 heterocycles. The molecule has 0 spiro atoms. The Balaban J connectivity index is 2.37. The van der Waals surface area contributed by atoms with Crippen LogP contribution in [0, 0.1) is 10.1 Å². The van der Waals surface area contributed by atoms with Crippen molar-refractivity contribution in [3.05, 3.63) is 58.1 Å². The van der Waals surface area contributed by atoms with Crippen LogP contribution < -0.4 is 5.43 Å². The predicted molar refractivity (Wildman–Crippen MR) is 113 cm³/mol. The van der Waals surface area contributed by atoms with Crippen molar-refractivity contribution in [1.82, 2.24) is 4.31 Å². The topological polar surface area (TPSA) is 105 Å². The number of hydrazone groups is 1. The van der Waals surface area contributed by atoms with Gasteiger partial charge in [0, 0.05) is 30.1 Å². The van der Waals surface area contributed by atoms with Crippen LogP contribution >= 0.6 is 11.8 Å². The molecule has 0 bridgehead atoms. The van der Waals surface area contributed by atoms with Crippen LogP contribution in [0.25, 0.3) is 0 Å². The lowest BCUT2D eigenvalue weighted by Crippen LogP contribution is -2.31. The third-order valence-corrected chi connectivity index (χ3v) is 6.85. The zero-order chi connectivity index (χ0) is 20.7. The fraction of sp³-hybridized carbons (Fsp3) is 0.278. The summed E-state index contributed by atoms with van der Waals surface area (Å²) in [4.78, 5) is 11.4. The monoisotopic (exact) mass is 422 g/mol. The van der Waals surface area contributed by atoms with E-state index in [1.54, 1.807) is 31.8 Å². The van der Waals surface area contributed by atoms with Gasteiger partial charge in [0.15, 0.2) is 0 Å². The molecule has 8 nitrogen and oxygen atoms in total. The summed E-state index contributed by atoms with van der Waals surface area (Å²) in [6.45, 7) is 3.93. The summed E-state index contributed by atoms with van der Waals surface area (Å²) in [5.41, 5.74) is 3.41. The molecule has 10 heteroatoms. The lowest BCUT2D eigenvalue weighted by atomic mass is 10.2. The molecule has 0 unspecified atom stereocenters. The van der Waals surface area contributed by atoms with Gasteiger partial charge in [-0.15, -0.1) is 11.8 Å². The van der Waals surface area contributed by atoms with Crippen LogP contribution in [0.1, 0.15) is 19.4 Å². The van der Waals surface area contributed by atoms with Gasteiger partial charge in [0.2, 0.25) is 10.0 Å². The van der Waals surface area contributed by atoms with E-state index >= 15 is 0 Å². The van der Waals surface area contributed by atoms with E-state index in [0.717, 1.165) is 16.5 Å². The number of benzene rings is 2. The largest absolute Gasteiger partial charge is 0.277 e. The fourth-order valence-electron chi connectivity index (χ4n) is 2.50. The number of nitrogens with one attached hydrogen (secondary N) is 1. The van der Waals surface area contributed by atoms with Crippen LogP contribution in [0.3, 0.4) is 0 Å². The first-order valence-corrected chi connectivity index (χ1v) is 11.2. The maximum absolute atomic E-state index is 12.9. The molecule has 0 saturated carbocycles. The highest BCUT2D eigenvalue weighted by atomic mass is 32.2. The van der Waals surface area contributed by atoms with Gasteiger partial charge in [0.1, 0.15) is 4.90 Å². The molecule has 2 aromatic rings. The van der Waals surface area contributed by atoms with Crippen molar-refractivity contribution in [2.45, 2.75) is 23.6 Å². The Labute approximate surface area is 168 Å². The number of nitrogens with zero attached hydrogens (tertiary/aromatic N) is 3. The molecule has 2 aromatic carbocycles. The van der Waals surface area contributed by atoms with E-state index in [0.29, 0.717) is 0 Å². The lowest BCUT2D eigenvalue weighted by molar-refractivity contribution is -0.385. The molecule has 0 atom stereocenters. The second-order valence-electron chi connectivity index (χ2n) is 5.67. The van der Waals surface area contributed by atoms with E-state index < -0.39 is 14.9 Å². The SMILES string of the molecule is CCN(CC)S(=O)(=O)c1cc([N+](=O)[O-])ccc1N/N=C\c1ccc(SC)cc1. The van der Waals surface area contributed by atoms with Crippen molar-refractivity contribution in [1.29, 1.82) is 0 Å². The van der Waals surface area contributed by atoms with E-state index in [2.05, 4.69) is 10.5 Å². The van der Waals surface area contributed by atoms with Crippen molar-refractivity contribution in [3.63, 3.8) is 0 Å². The lowest BCUT2D eigenvalue weighted by Gasteiger charge is -2.20. The number of nitro benzene ring substituents is 1. The molecule has 150 valence electrons. The van der Waals surface area contributed by atoms with Crippen molar-refractivity contribution < 1.29 is 13.3 Å². The highest BCUT2D eigenvalue weighted by Crippen LogP contribution is 2.29. The number of hydrogen-bond donors (Lipinski definition) is 1. The minimum Gasteiger partial charge on any atom is -0.277 e. The van der Waals surface area contributed by atoms with Crippen molar-refractivity contribution in [2.24, 2.45) is 5.10 Å². The minimum absolute atomic E-state index is 0.175. The van der Waals surface area contributed by atoms with Crippen LogP contribution in [0.4, 0.5) is 11.4 Å². The second kappa shape index (κ2) is 9.67. The maximum atomic E-state index is 12.9. The van der Waals surface area contributed by atoms with E-state index in [1.165, 1.54) is 16.4 Å². The molecule has 0 aliphatic rings. The van der Waals surface area contributed by atoms with Crippen LogP contribution in [0.15, 0.2) is 57.4 Å². The molecular weight excluding hydrogens is 400 g/mol. The predicted octanol–water partition coefficient (Wildman–Crippen LogP) is 3.79. The Morgan fingerprint density at radius 2 is 1.82 bits per heavy atom. The average molecular weight is 423 g/mol. The number of rotatable bonds is 9. The van der Waals surface area contributed by atoms with E-state index in [9.17, 15) is 18.5 Å². The Morgan fingerprint density at radius 3 is 2.36 bits per heavy atom. The number of thioether (sulfide) groups is 1. The van der Waals surface area contributed by atoms with Gasteiger partial charge in [-0.3, -0.25) is 15.5 Å². The molecule has 1 N–H and O–H groups in total. The fourth-order valence-corrected chi connectivity index (χ4v) is 4.53. The third-order valence-electron chi connectivity index (χ3n) is 4.01. The zero-order valence-electron chi connectivity index (χ0n) is 15.8. The van der Waals surface area contributed by atoms with E-state index in [1.807, 2.05) is 30.5 Å². The molecule has 0 aromatic heterocycles. The summed E-state index contributed by atoms with van der Waals surface area (Å²) in [5.74, 6) is 0. The van der Waals surface area contributed by atoms with Crippen LogP contribution in [0.2, 0.25) is 0 Å². The molecule has 0 aliphatic heterocycles. The normalized spacial score (nSPS) is 11.9. The van der Waals surface area contributed by atoms with Gasteiger partial charge in [-0.05, 0) is 30.0 Å². The van der Waals surface area contributed by atoms with Crippen LogP contribution in [0.5, 0.6) is 0 Å². The number of non-ortho nitro benzene ring substituents is 1. The molecule has 0 amide bonds. The standard InChI is InChI=1S/C18H22N4O4S2/c1-4-21(5-2)28(25,26)18-12-15(22(23)24)8-11-17(18)20-19-13-14-6-9-16(27-3)10-7-14/h6-13,20H,4-5H2,1-3H3/b19-13-. The summed E-state index contributed by atoms with van der Waals surface area (Å²) in [7, 11) is -3.90. The van der Waals surface area contributed by atoms with Gasteiger partial charge >= 0.3 is 0 Å². The Kier molecular flexibility index (Phi) is 7.55. The maximum Gasteiger partial charge on any atom is 0.270 e. The summed E-state index contributed by atoms with van der Waals surface area (Å²) in [6.07, 6.45) is 3.54. The van der Waals surface area contributed by atoms with Crippen molar-refractivity contribution in [3.8, 4) is 0 Å². The van der Waals surface area contributed by atoms with Gasteiger partial charge in [-0.2, -0.15) is 9.41 Å². The average Bonchev–Trinajstić information content (AvgIpc) is 2.69. The summed E-state index contributed by atoms with van der Waals surface area (Å²) in [6, 6.07) is 11.3. The zero-order valence-corrected chi connectivity index (χ0v) is 17.5. The molecule has 0 radical (unpaired) electrons. The van der Waals surface area contributed by atoms with Crippen LogP contribution in [-0.4, -0.2) is 43.2 Å². The Hall–Kier alpha value is -2.43. The summed E-state index contributed by atoms with van der Waals surface area (Å²) < 4.78 is 27.0. The molecule has 0 aliphatic carbocycles. The van der Waals surface area contributed by atoms with E-state index in [4.69, 9.17) is 0 Å². The number of sulfonamides is 1. The summed E-state index contributed by atoms with van der Waals surface area (Å²) >= 11 is 1.63. The molecular formula is C18H22N4O4S2. The first-order chi connectivity index (χ1) is 13.3. The highest BCUT2D eigenvalue weighted by Gasteiger charge is 2.27. The van der Waals surface area contributed by atoms with Gasteiger partial charge in [0.25, 0.3) is 5.69 Å². The van der Waals surface area contributed by atoms with Gasteiger partial charge in [-0.25, -0.2) is 8.42 Å². The Bertz CT molecular complexity index is 956. The third kappa shape index (κ3) is 5.09. The first kappa shape index (κ1) is 21.9. The number of anilines is 1. The second-order valence-corrected chi connectivity index (χ2v) is 8.46. The van der Waals surface area contributed by atoms with Crippen LogP contribution in [-0.2, 0) is 10.0 Å². The molecule has 28 heavy (non-hydrogen) atoms. The first-order valence-electron chi connectivity index (χ1n) is 8.55. The highest BCUT2D eigenvalue weighted by molar-refractivity contribution is 7.98.